The Morgan fingerprint density at radius 2 is 1.74 bits per heavy atom. The fraction of sp³-hybridized carbons (Fsp3) is 0.467. The molecule has 0 aliphatic carbocycles. The number of rotatable bonds is 6. The summed E-state index contributed by atoms with van der Waals surface area (Å²) < 4.78 is 4.14. The van der Waals surface area contributed by atoms with Gasteiger partial charge in [0.15, 0.2) is 11.3 Å². The third-order valence-electron chi connectivity index (χ3n) is 8.06. The Hall–Kier alpha value is -4.68. The number of nitriles is 1. The highest BCUT2D eigenvalue weighted by atomic mass is 16.2. The van der Waals surface area contributed by atoms with Crippen molar-refractivity contribution in [1.29, 1.82) is 5.26 Å². The summed E-state index contributed by atoms with van der Waals surface area (Å²) in [5.74, 6) is 7.62. The predicted molar refractivity (Wildman–Crippen MR) is 161 cm³/mol. The summed E-state index contributed by atoms with van der Waals surface area (Å²) in [6, 6.07) is 9.82. The van der Waals surface area contributed by atoms with Crippen molar-refractivity contribution in [2.24, 2.45) is 5.73 Å². The van der Waals surface area contributed by atoms with E-state index in [1.165, 1.54) is 11.1 Å². The Morgan fingerprint density at radius 1 is 0.952 bits per heavy atom. The fourth-order valence-electron chi connectivity index (χ4n) is 6.05. The van der Waals surface area contributed by atoms with Gasteiger partial charge in [-0.1, -0.05) is 18.1 Å². The smallest absolute Gasteiger partial charge is 0.294 e. The zero-order valence-corrected chi connectivity index (χ0v) is 23.8. The van der Waals surface area contributed by atoms with Gasteiger partial charge in [-0.2, -0.15) is 5.26 Å². The second kappa shape index (κ2) is 11.7. The summed E-state index contributed by atoms with van der Waals surface area (Å²) in [5, 5.41) is 10.6. The molecule has 1 aromatic carbocycles. The number of anilines is 2. The van der Waals surface area contributed by atoms with Gasteiger partial charge in [-0.15, -0.1) is 5.92 Å². The van der Waals surface area contributed by atoms with E-state index in [4.69, 9.17) is 15.7 Å². The summed E-state index contributed by atoms with van der Waals surface area (Å²) in [7, 11) is 0. The lowest BCUT2D eigenvalue weighted by molar-refractivity contribution is 0.469. The highest BCUT2D eigenvalue weighted by Crippen LogP contribution is 2.27. The minimum Gasteiger partial charge on any atom is -0.356 e. The van der Waals surface area contributed by atoms with Crippen molar-refractivity contribution in [3.05, 3.63) is 50.8 Å². The molecule has 1 unspecified atom stereocenters. The zero-order valence-electron chi connectivity index (χ0n) is 23.8. The van der Waals surface area contributed by atoms with Crippen molar-refractivity contribution in [1.82, 2.24) is 28.9 Å². The van der Waals surface area contributed by atoms with Crippen molar-refractivity contribution in [2.75, 3.05) is 36.0 Å². The van der Waals surface area contributed by atoms with Crippen LogP contribution in [0.1, 0.15) is 44.9 Å². The molecule has 12 heteroatoms. The van der Waals surface area contributed by atoms with E-state index in [0.717, 1.165) is 60.2 Å². The van der Waals surface area contributed by atoms with E-state index >= 15 is 0 Å². The largest absolute Gasteiger partial charge is 0.356 e. The quantitative estimate of drug-likeness (QED) is 0.346. The normalized spacial score (nSPS) is 17.3. The van der Waals surface area contributed by atoms with Gasteiger partial charge in [-0.3, -0.25) is 14.2 Å². The van der Waals surface area contributed by atoms with Gasteiger partial charge in [0.25, 0.3) is 11.1 Å². The molecule has 2 N–H and O–H groups in total. The second-order valence-electron chi connectivity index (χ2n) is 10.9. The van der Waals surface area contributed by atoms with Crippen molar-refractivity contribution in [3.63, 3.8) is 0 Å². The van der Waals surface area contributed by atoms with Gasteiger partial charge in [-0.05, 0) is 51.2 Å². The van der Waals surface area contributed by atoms with Crippen LogP contribution in [0.25, 0.3) is 21.9 Å². The topological polar surface area (TPSA) is 144 Å². The number of fused-ring (bicyclic) bond motifs is 2. The minimum atomic E-state index is -0.519. The Labute approximate surface area is 243 Å². The molecule has 5 heterocycles. The summed E-state index contributed by atoms with van der Waals surface area (Å²) >= 11 is 0. The van der Waals surface area contributed by atoms with E-state index in [9.17, 15) is 14.9 Å². The van der Waals surface area contributed by atoms with E-state index in [1.54, 1.807) is 11.5 Å². The van der Waals surface area contributed by atoms with Crippen LogP contribution in [0.15, 0.2) is 33.9 Å². The van der Waals surface area contributed by atoms with Crippen molar-refractivity contribution in [2.45, 2.75) is 64.7 Å². The molecule has 1 atom stereocenters. The lowest BCUT2D eigenvalue weighted by Crippen LogP contribution is -2.44. The SMILES string of the molecule is CC#CCn1c(N2CCCC(N)C2)nc2c(=O)n(CC#N)n(Cc3nc(N4CCCCC4)c4ccccc4n3)c(=O)c21. The van der Waals surface area contributed by atoms with Gasteiger partial charge in [0, 0.05) is 37.6 Å². The molecule has 3 aromatic heterocycles. The second-order valence-corrected chi connectivity index (χ2v) is 10.9. The molecule has 4 aromatic rings. The first-order valence-corrected chi connectivity index (χ1v) is 14.5. The molecule has 0 spiro atoms. The summed E-state index contributed by atoms with van der Waals surface area (Å²) in [4.78, 5) is 46.7. The van der Waals surface area contributed by atoms with Gasteiger partial charge < -0.3 is 15.5 Å². The third kappa shape index (κ3) is 4.99. The van der Waals surface area contributed by atoms with Crippen LogP contribution >= 0.6 is 0 Å². The maximum Gasteiger partial charge on any atom is 0.294 e. The van der Waals surface area contributed by atoms with Crippen LogP contribution in [0.3, 0.4) is 0 Å². The molecule has 2 aliphatic heterocycles. The molecule has 0 radical (unpaired) electrons. The molecule has 0 saturated carbocycles. The molecule has 2 saturated heterocycles. The van der Waals surface area contributed by atoms with E-state index in [-0.39, 0.29) is 36.7 Å². The molecule has 42 heavy (non-hydrogen) atoms. The van der Waals surface area contributed by atoms with Gasteiger partial charge in [-0.25, -0.2) is 24.3 Å². The zero-order chi connectivity index (χ0) is 29.2. The first-order valence-electron chi connectivity index (χ1n) is 14.5. The van der Waals surface area contributed by atoms with Crippen LogP contribution in [-0.4, -0.2) is 61.1 Å². The molecular weight excluding hydrogens is 532 g/mol. The number of aromatic nitrogens is 6. The highest BCUT2D eigenvalue weighted by Gasteiger charge is 2.27. The fourth-order valence-corrected chi connectivity index (χ4v) is 6.05. The lowest BCUT2D eigenvalue weighted by atomic mass is 10.1. The standard InChI is InChI=1S/C30H34N10O2/c1-2-3-17-38-26-25(35-30(38)37-16-9-10-21(32)19-37)28(41)39(18-13-31)40(29(26)42)20-24-33-23-12-6-5-11-22(23)27(34-24)36-14-7-4-8-15-36/h5-6,11-12,21H,4,7-10,14-20,32H2,1H3. The number of hydrogen-bond donors (Lipinski definition) is 1. The molecular formula is C30H34N10O2. The van der Waals surface area contributed by atoms with E-state index in [1.807, 2.05) is 35.2 Å². The number of para-hydroxylation sites is 1. The Kier molecular flexibility index (Phi) is 7.64. The van der Waals surface area contributed by atoms with E-state index in [2.05, 4.69) is 21.7 Å². The minimum absolute atomic E-state index is 0.0204. The van der Waals surface area contributed by atoms with Crippen LogP contribution in [0.4, 0.5) is 11.8 Å². The molecule has 2 aliphatic rings. The summed E-state index contributed by atoms with van der Waals surface area (Å²) in [6.45, 7) is 4.59. The molecule has 6 rings (SSSR count). The van der Waals surface area contributed by atoms with Crippen LogP contribution in [0.5, 0.6) is 0 Å². The monoisotopic (exact) mass is 566 g/mol. The van der Waals surface area contributed by atoms with Crippen molar-refractivity contribution < 1.29 is 0 Å². The van der Waals surface area contributed by atoms with Crippen molar-refractivity contribution in [3.8, 4) is 17.9 Å². The van der Waals surface area contributed by atoms with E-state index in [0.29, 0.717) is 24.9 Å². The number of nitrogens with zero attached hydrogens (tertiary/aromatic N) is 9. The van der Waals surface area contributed by atoms with Crippen LogP contribution in [0, 0.1) is 23.2 Å². The van der Waals surface area contributed by atoms with Gasteiger partial charge in [0.1, 0.15) is 24.4 Å². The van der Waals surface area contributed by atoms with Crippen LogP contribution in [-0.2, 0) is 19.6 Å². The molecule has 2 fully saturated rings. The number of nitrogens with two attached hydrogens (primary N) is 1. The van der Waals surface area contributed by atoms with Gasteiger partial charge >= 0.3 is 0 Å². The van der Waals surface area contributed by atoms with Crippen LogP contribution < -0.4 is 26.7 Å². The van der Waals surface area contributed by atoms with Crippen LogP contribution in [0.2, 0.25) is 0 Å². The van der Waals surface area contributed by atoms with E-state index < -0.39 is 11.1 Å². The first-order chi connectivity index (χ1) is 20.5. The molecule has 12 nitrogen and oxygen atoms in total. The van der Waals surface area contributed by atoms with Crippen molar-refractivity contribution >= 4 is 33.7 Å². The van der Waals surface area contributed by atoms with Gasteiger partial charge in [0.05, 0.1) is 18.1 Å². The third-order valence-corrected chi connectivity index (χ3v) is 8.06. The maximum absolute atomic E-state index is 14.3. The number of benzene rings is 1. The molecule has 216 valence electrons. The first kappa shape index (κ1) is 27.5. The Bertz CT molecular complexity index is 1860. The Balaban J connectivity index is 1.54. The number of imidazole rings is 1. The average molecular weight is 567 g/mol. The molecule has 0 amide bonds. The van der Waals surface area contributed by atoms with Gasteiger partial charge in [0.2, 0.25) is 5.95 Å². The summed E-state index contributed by atoms with van der Waals surface area (Å²) in [6.07, 6.45) is 5.13. The number of piperidine rings is 2. The summed E-state index contributed by atoms with van der Waals surface area (Å²) in [5.41, 5.74) is 6.22. The maximum atomic E-state index is 14.3. The highest BCUT2D eigenvalue weighted by molar-refractivity contribution is 5.89. The predicted octanol–water partition coefficient (Wildman–Crippen LogP) is 1.82. The number of hydrogen-bond acceptors (Lipinski definition) is 9. The molecule has 0 bridgehead atoms. The Morgan fingerprint density at radius 3 is 2.50 bits per heavy atom. The average Bonchev–Trinajstić information content (AvgIpc) is 3.40. The lowest BCUT2D eigenvalue weighted by Gasteiger charge is -2.31.